The van der Waals surface area contributed by atoms with Crippen molar-refractivity contribution in [3.05, 3.63) is 0 Å². The minimum absolute atomic E-state index is 1.04. The van der Waals surface area contributed by atoms with Crippen LogP contribution in [0.25, 0.3) is 0 Å². The van der Waals surface area contributed by atoms with Crippen LogP contribution in [0.15, 0.2) is 0 Å². The Labute approximate surface area is 130 Å². The zero-order valence-corrected chi connectivity index (χ0v) is 14.9. The van der Waals surface area contributed by atoms with Gasteiger partial charge in [-0.1, -0.05) is 124 Å². The summed E-state index contributed by atoms with van der Waals surface area (Å²) in [5.41, 5.74) is 0. The van der Waals surface area contributed by atoms with E-state index in [1.54, 1.807) is 0 Å². The minimum Gasteiger partial charge on any atom is -0.0654 e. The average molecular weight is 283 g/mol. The Bertz CT molecular complexity index is 136. The molecule has 0 saturated heterocycles. The quantitative estimate of drug-likeness (QED) is 0.459. The smallest absolute Gasteiger partial charge is 0.0443 e. The summed E-state index contributed by atoms with van der Waals surface area (Å²) in [7, 11) is 0. The lowest BCUT2D eigenvalue weighted by atomic mass is 9.91. The van der Waals surface area contributed by atoms with Gasteiger partial charge in [-0.15, -0.1) is 0 Å². The maximum absolute atomic E-state index is 2.36. The summed E-state index contributed by atoms with van der Waals surface area (Å²) in [6.07, 6.45) is 23.4. The highest BCUT2D eigenvalue weighted by Gasteiger charge is 2.05. The second-order valence-corrected chi connectivity index (χ2v) is 6.93. The number of unbranched alkanes of at least 4 members (excludes halogenated alkanes) is 4. The monoisotopic (exact) mass is 282 g/mol. The van der Waals surface area contributed by atoms with Crippen molar-refractivity contribution >= 4 is 0 Å². The summed E-state index contributed by atoms with van der Waals surface area (Å²) >= 11 is 0. The highest BCUT2D eigenvalue weighted by molar-refractivity contribution is 4.59. The molecule has 0 heteroatoms. The van der Waals surface area contributed by atoms with Gasteiger partial charge in [0.1, 0.15) is 0 Å². The average Bonchev–Trinajstić information content (AvgIpc) is 2.52. The molecule has 2 rings (SSSR count). The molecule has 2 fully saturated rings. The van der Waals surface area contributed by atoms with E-state index in [2.05, 4.69) is 20.8 Å². The summed E-state index contributed by atoms with van der Waals surface area (Å²) in [5, 5.41) is 0. The van der Waals surface area contributed by atoms with Crippen LogP contribution in [-0.2, 0) is 0 Å². The molecule has 0 aromatic carbocycles. The Hall–Kier alpha value is 0. The second kappa shape index (κ2) is 17.1. The third-order valence-electron chi connectivity index (χ3n) is 4.60. The third-order valence-corrected chi connectivity index (χ3v) is 4.60. The highest BCUT2D eigenvalue weighted by Crippen LogP contribution is 2.22. The Kier molecular flexibility index (Phi) is 17.1. The second-order valence-electron chi connectivity index (χ2n) is 6.93. The van der Waals surface area contributed by atoms with Crippen molar-refractivity contribution in [2.75, 3.05) is 0 Å². The summed E-state index contributed by atoms with van der Waals surface area (Å²) in [6.45, 7) is 6.85. The van der Waals surface area contributed by atoms with E-state index in [-0.39, 0.29) is 0 Å². The minimum atomic E-state index is 1.04. The van der Waals surface area contributed by atoms with E-state index in [1.807, 2.05) is 0 Å². The Morgan fingerprint density at radius 2 is 0.900 bits per heavy atom. The molecule has 0 unspecified atom stereocenters. The van der Waals surface area contributed by atoms with Crippen molar-refractivity contribution in [2.24, 2.45) is 5.92 Å². The van der Waals surface area contributed by atoms with E-state index < -0.39 is 0 Å². The van der Waals surface area contributed by atoms with Crippen molar-refractivity contribution in [1.29, 1.82) is 0 Å². The van der Waals surface area contributed by atoms with Crippen molar-refractivity contribution in [3.63, 3.8) is 0 Å². The summed E-state index contributed by atoms with van der Waals surface area (Å²) in [4.78, 5) is 0. The largest absolute Gasteiger partial charge is 0.0654 e. The fraction of sp³-hybridized carbons (Fsp3) is 1.00. The van der Waals surface area contributed by atoms with Gasteiger partial charge in [0.25, 0.3) is 0 Å². The van der Waals surface area contributed by atoms with Crippen LogP contribution in [0.2, 0.25) is 0 Å². The molecular weight excluding hydrogens is 240 g/mol. The molecule has 0 aliphatic heterocycles. The molecule has 0 aromatic rings. The molecule has 0 aromatic heterocycles. The van der Waals surface area contributed by atoms with Gasteiger partial charge in [-0.25, -0.2) is 0 Å². The molecule has 0 spiro atoms. The molecule has 0 nitrogen and oxygen atoms in total. The van der Waals surface area contributed by atoms with E-state index in [9.17, 15) is 0 Å². The summed E-state index contributed by atoms with van der Waals surface area (Å²) < 4.78 is 0. The molecule has 2 aliphatic rings. The van der Waals surface area contributed by atoms with E-state index in [4.69, 9.17) is 0 Å². The molecule has 0 N–H and O–H groups in total. The van der Waals surface area contributed by atoms with Crippen LogP contribution in [0.1, 0.15) is 124 Å². The Balaban J connectivity index is 0.000000271. The standard InChI is InChI=1S/C7H14.C7H16.C6H12/c1-7-5-3-2-4-6-7;1-3-5-7-6-4-2;1-2-4-6-5-3-1/h7H,2-6H2,1H3;3-7H2,1-2H3;1-6H2. The summed E-state index contributed by atoms with van der Waals surface area (Å²) in [5.74, 6) is 1.04. The predicted octanol–water partition coefficient (Wildman–Crippen LogP) is 7.90. The number of hydrogen-bond acceptors (Lipinski definition) is 0. The van der Waals surface area contributed by atoms with E-state index in [0.717, 1.165) is 5.92 Å². The van der Waals surface area contributed by atoms with Crippen molar-refractivity contribution in [1.82, 2.24) is 0 Å². The molecule has 0 amide bonds. The Morgan fingerprint density at radius 3 is 1.15 bits per heavy atom. The topological polar surface area (TPSA) is 0 Å². The molecular formula is C20H42. The highest BCUT2D eigenvalue weighted by atomic mass is 14.1. The maximum atomic E-state index is 2.36. The normalized spacial score (nSPS) is 19.4. The lowest BCUT2D eigenvalue weighted by molar-refractivity contribution is 0.385. The van der Waals surface area contributed by atoms with Gasteiger partial charge in [0.2, 0.25) is 0 Å². The number of hydrogen-bond donors (Lipinski definition) is 0. The van der Waals surface area contributed by atoms with Crippen LogP contribution in [0, 0.1) is 5.92 Å². The molecule has 2 saturated carbocycles. The molecule has 0 radical (unpaired) electrons. The van der Waals surface area contributed by atoms with E-state index in [0.29, 0.717) is 0 Å². The SMILES string of the molecule is C1CCCCC1.CC1CCCCC1.CCCCCCC. The predicted molar refractivity (Wildman–Crippen MR) is 94.4 cm³/mol. The van der Waals surface area contributed by atoms with Gasteiger partial charge < -0.3 is 0 Å². The molecule has 122 valence electrons. The molecule has 2 aliphatic carbocycles. The van der Waals surface area contributed by atoms with Crippen LogP contribution in [0.3, 0.4) is 0 Å². The van der Waals surface area contributed by atoms with Gasteiger partial charge in [-0.3, -0.25) is 0 Å². The first-order valence-electron chi connectivity index (χ1n) is 9.81. The van der Waals surface area contributed by atoms with Crippen molar-refractivity contribution in [3.8, 4) is 0 Å². The summed E-state index contributed by atoms with van der Waals surface area (Å²) in [6, 6.07) is 0. The zero-order chi connectivity index (χ0) is 14.9. The fourth-order valence-electron chi connectivity index (χ4n) is 3.04. The van der Waals surface area contributed by atoms with Crippen molar-refractivity contribution < 1.29 is 0 Å². The van der Waals surface area contributed by atoms with Crippen LogP contribution in [-0.4, -0.2) is 0 Å². The van der Waals surface area contributed by atoms with Gasteiger partial charge >= 0.3 is 0 Å². The first kappa shape index (κ1) is 20.0. The Morgan fingerprint density at radius 1 is 0.550 bits per heavy atom. The van der Waals surface area contributed by atoms with Crippen molar-refractivity contribution in [2.45, 2.75) is 124 Å². The number of rotatable bonds is 4. The lowest BCUT2D eigenvalue weighted by Gasteiger charge is -2.15. The van der Waals surface area contributed by atoms with E-state index in [1.165, 1.54) is 103 Å². The zero-order valence-electron chi connectivity index (χ0n) is 14.9. The van der Waals surface area contributed by atoms with Gasteiger partial charge in [-0.2, -0.15) is 0 Å². The van der Waals surface area contributed by atoms with Crippen LogP contribution >= 0.6 is 0 Å². The van der Waals surface area contributed by atoms with Gasteiger partial charge in [-0.05, 0) is 5.92 Å². The van der Waals surface area contributed by atoms with Gasteiger partial charge in [0.05, 0.1) is 0 Å². The van der Waals surface area contributed by atoms with E-state index >= 15 is 0 Å². The van der Waals surface area contributed by atoms with Crippen LogP contribution in [0.5, 0.6) is 0 Å². The van der Waals surface area contributed by atoms with Crippen LogP contribution in [0.4, 0.5) is 0 Å². The third kappa shape index (κ3) is 16.1. The molecule has 0 bridgehead atoms. The fourth-order valence-corrected chi connectivity index (χ4v) is 3.04. The first-order valence-corrected chi connectivity index (χ1v) is 9.81. The first-order chi connectivity index (χ1) is 9.81. The molecule has 0 atom stereocenters. The van der Waals surface area contributed by atoms with Crippen LogP contribution < -0.4 is 0 Å². The molecule has 20 heavy (non-hydrogen) atoms. The van der Waals surface area contributed by atoms with Gasteiger partial charge in [0, 0.05) is 0 Å². The molecule has 0 heterocycles. The lowest BCUT2D eigenvalue weighted by Crippen LogP contribution is -1.99. The van der Waals surface area contributed by atoms with Gasteiger partial charge in [0.15, 0.2) is 0 Å². The maximum Gasteiger partial charge on any atom is -0.0443 e.